The van der Waals surface area contributed by atoms with E-state index in [2.05, 4.69) is 0 Å². The molecule has 0 aliphatic carbocycles. The van der Waals surface area contributed by atoms with Gasteiger partial charge in [0.1, 0.15) is 6.10 Å². The van der Waals surface area contributed by atoms with E-state index < -0.39 is 11.9 Å². The van der Waals surface area contributed by atoms with Crippen LogP contribution in [0.3, 0.4) is 0 Å². The molecule has 1 saturated heterocycles. The van der Waals surface area contributed by atoms with Gasteiger partial charge in [0.2, 0.25) is 0 Å². The van der Waals surface area contributed by atoms with Gasteiger partial charge in [0.15, 0.2) is 5.79 Å². The van der Waals surface area contributed by atoms with Crippen LogP contribution in [0.15, 0.2) is 0 Å². The summed E-state index contributed by atoms with van der Waals surface area (Å²) in [6, 6.07) is 0. The minimum absolute atomic E-state index is 0.144. The van der Waals surface area contributed by atoms with E-state index in [-0.39, 0.29) is 6.10 Å². The largest absolute Gasteiger partial charge is 0.390 e. The molecule has 0 unspecified atom stereocenters. The Morgan fingerprint density at radius 1 is 1.64 bits per heavy atom. The third-order valence-electron chi connectivity index (χ3n) is 1.88. The van der Waals surface area contributed by atoms with Crippen LogP contribution in [-0.2, 0) is 9.47 Å². The van der Waals surface area contributed by atoms with E-state index in [4.69, 9.17) is 9.47 Å². The van der Waals surface area contributed by atoms with Crippen molar-refractivity contribution in [1.29, 1.82) is 0 Å². The van der Waals surface area contributed by atoms with E-state index in [9.17, 15) is 5.11 Å². The molecular formula is C8H16O3. The lowest BCUT2D eigenvalue weighted by Crippen LogP contribution is -2.29. The second-order valence-corrected chi connectivity index (χ2v) is 3.34. The molecule has 0 aromatic carbocycles. The fraction of sp³-hybridized carbons (Fsp3) is 1.00. The highest BCUT2D eigenvalue weighted by atomic mass is 16.7. The highest BCUT2D eigenvalue weighted by Gasteiger charge is 2.35. The molecule has 11 heavy (non-hydrogen) atoms. The Kier molecular flexibility index (Phi) is 2.52. The van der Waals surface area contributed by atoms with Crippen LogP contribution < -0.4 is 0 Å². The standard InChI is InChI=1S/C8H16O3/c1-4-6(9)7-5-10-8(2,3)11-7/h6-7,9H,4-5H2,1-3H3/t6-,7-/m0/s1. The first kappa shape index (κ1) is 8.97. The molecule has 0 aromatic rings. The van der Waals surface area contributed by atoms with Crippen molar-refractivity contribution in [3.63, 3.8) is 0 Å². The summed E-state index contributed by atoms with van der Waals surface area (Å²) in [5.41, 5.74) is 0. The molecule has 0 saturated carbocycles. The Morgan fingerprint density at radius 2 is 2.27 bits per heavy atom. The van der Waals surface area contributed by atoms with Gasteiger partial charge in [-0.05, 0) is 20.3 Å². The van der Waals surface area contributed by atoms with Gasteiger partial charge in [-0.25, -0.2) is 0 Å². The summed E-state index contributed by atoms with van der Waals surface area (Å²) in [6.45, 7) is 6.14. The molecule has 66 valence electrons. The van der Waals surface area contributed by atoms with Gasteiger partial charge >= 0.3 is 0 Å². The Hall–Kier alpha value is -0.120. The quantitative estimate of drug-likeness (QED) is 0.652. The predicted octanol–water partition coefficient (Wildman–Crippen LogP) is 0.909. The van der Waals surface area contributed by atoms with Gasteiger partial charge in [-0.3, -0.25) is 0 Å². The van der Waals surface area contributed by atoms with Crippen LogP contribution >= 0.6 is 0 Å². The zero-order chi connectivity index (χ0) is 8.48. The molecule has 1 fully saturated rings. The van der Waals surface area contributed by atoms with Crippen molar-refractivity contribution in [3.05, 3.63) is 0 Å². The molecule has 0 bridgehead atoms. The lowest BCUT2D eigenvalue weighted by atomic mass is 10.2. The van der Waals surface area contributed by atoms with E-state index >= 15 is 0 Å². The van der Waals surface area contributed by atoms with Gasteiger partial charge in [-0.15, -0.1) is 0 Å². The Morgan fingerprint density at radius 3 is 2.64 bits per heavy atom. The Balaban J connectivity index is 2.41. The van der Waals surface area contributed by atoms with Gasteiger partial charge in [0.25, 0.3) is 0 Å². The fourth-order valence-electron chi connectivity index (χ4n) is 1.17. The summed E-state index contributed by atoms with van der Waals surface area (Å²) in [5, 5.41) is 9.38. The second-order valence-electron chi connectivity index (χ2n) is 3.34. The Labute approximate surface area is 67.3 Å². The lowest BCUT2D eigenvalue weighted by Gasteiger charge is -2.19. The normalized spacial score (nSPS) is 32.2. The van der Waals surface area contributed by atoms with Gasteiger partial charge in [0, 0.05) is 0 Å². The zero-order valence-electron chi connectivity index (χ0n) is 7.33. The molecule has 0 amide bonds. The van der Waals surface area contributed by atoms with Crippen molar-refractivity contribution in [2.24, 2.45) is 0 Å². The highest BCUT2D eigenvalue weighted by molar-refractivity contribution is 4.76. The average molecular weight is 160 g/mol. The number of ether oxygens (including phenoxy) is 2. The topological polar surface area (TPSA) is 38.7 Å². The molecule has 1 N–H and O–H groups in total. The van der Waals surface area contributed by atoms with Crippen molar-refractivity contribution in [2.45, 2.75) is 45.2 Å². The molecule has 1 aliphatic heterocycles. The molecule has 3 heteroatoms. The smallest absolute Gasteiger partial charge is 0.163 e. The number of hydrogen-bond donors (Lipinski definition) is 1. The van der Waals surface area contributed by atoms with Crippen molar-refractivity contribution >= 4 is 0 Å². The maximum atomic E-state index is 9.38. The predicted molar refractivity (Wildman–Crippen MR) is 41.2 cm³/mol. The van der Waals surface area contributed by atoms with Gasteiger partial charge in [-0.2, -0.15) is 0 Å². The van der Waals surface area contributed by atoms with Crippen LogP contribution in [0.2, 0.25) is 0 Å². The van der Waals surface area contributed by atoms with Crippen molar-refractivity contribution in [1.82, 2.24) is 0 Å². The third-order valence-corrected chi connectivity index (χ3v) is 1.88. The van der Waals surface area contributed by atoms with Crippen molar-refractivity contribution < 1.29 is 14.6 Å². The van der Waals surface area contributed by atoms with E-state index in [0.29, 0.717) is 13.0 Å². The number of rotatable bonds is 2. The number of aliphatic hydroxyl groups is 1. The molecule has 3 nitrogen and oxygen atoms in total. The van der Waals surface area contributed by atoms with Crippen LogP contribution in [0.5, 0.6) is 0 Å². The first-order chi connectivity index (χ1) is 5.05. The van der Waals surface area contributed by atoms with Crippen LogP contribution in [0.1, 0.15) is 27.2 Å². The summed E-state index contributed by atoms with van der Waals surface area (Å²) < 4.78 is 10.7. The average Bonchev–Trinajstić information content (AvgIpc) is 2.29. The Bertz CT molecular complexity index is 133. The van der Waals surface area contributed by atoms with Crippen LogP contribution in [-0.4, -0.2) is 29.7 Å². The SMILES string of the molecule is CC[C@H](O)[C@@H]1COC(C)(C)O1. The number of aliphatic hydroxyl groups excluding tert-OH is 1. The molecular weight excluding hydrogens is 144 g/mol. The minimum atomic E-state index is -0.513. The van der Waals surface area contributed by atoms with Crippen molar-refractivity contribution in [2.75, 3.05) is 6.61 Å². The molecule has 1 rings (SSSR count). The molecule has 1 aliphatic rings. The first-order valence-corrected chi connectivity index (χ1v) is 4.05. The van der Waals surface area contributed by atoms with E-state index in [1.807, 2.05) is 20.8 Å². The maximum absolute atomic E-state index is 9.38. The van der Waals surface area contributed by atoms with E-state index in [1.165, 1.54) is 0 Å². The monoisotopic (exact) mass is 160 g/mol. The molecule has 0 radical (unpaired) electrons. The summed E-state index contributed by atoms with van der Waals surface area (Å²) in [4.78, 5) is 0. The van der Waals surface area contributed by atoms with Crippen LogP contribution in [0.25, 0.3) is 0 Å². The molecule has 0 spiro atoms. The highest BCUT2D eigenvalue weighted by Crippen LogP contribution is 2.24. The summed E-state index contributed by atoms with van der Waals surface area (Å²) in [6.07, 6.45) is 0.177. The van der Waals surface area contributed by atoms with Crippen LogP contribution in [0, 0.1) is 0 Å². The molecule has 0 aromatic heterocycles. The van der Waals surface area contributed by atoms with Crippen LogP contribution in [0.4, 0.5) is 0 Å². The summed E-state index contributed by atoms with van der Waals surface area (Å²) in [7, 11) is 0. The summed E-state index contributed by atoms with van der Waals surface area (Å²) >= 11 is 0. The van der Waals surface area contributed by atoms with Gasteiger partial charge in [0.05, 0.1) is 12.7 Å². The zero-order valence-corrected chi connectivity index (χ0v) is 7.33. The van der Waals surface area contributed by atoms with Gasteiger partial charge in [-0.1, -0.05) is 6.92 Å². The van der Waals surface area contributed by atoms with Gasteiger partial charge < -0.3 is 14.6 Å². The minimum Gasteiger partial charge on any atom is -0.390 e. The fourth-order valence-corrected chi connectivity index (χ4v) is 1.17. The second kappa shape index (κ2) is 3.09. The maximum Gasteiger partial charge on any atom is 0.163 e. The third kappa shape index (κ3) is 2.15. The lowest BCUT2D eigenvalue weighted by molar-refractivity contribution is -0.151. The molecule has 2 atom stereocenters. The summed E-state index contributed by atoms with van der Waals surface area (Å²) in [5.74, 6) is -0.513. The van der Waals surface area contributed by atoms with E-state index in [0.717, 1.165) is 0 Å². The number of hydrogen-bond acceptors (Lipinski definition) is 3. The van der Waals surface area contributed by atoms with Crippen molar-refractivity contribution in [3.8, 4) is 0 Å². The first-order valence-electron chi connectivity index (χ1n) is 4.05. The van der Waals surface area contributed by atoms with E-state index in [1.54, 1.807) is 0 Å². The molecule has 1 heterocycles.